The number of nitrogens with one attached hydrogen (secondary N) is 1. The average Bonchev–Trinajstić information content (AvgIpc) is 2.92. The number of fused-ring (bicyclic) bond motifs is 1. The van der Waals surface area contributed by atoms with Crippen LogP contribution in [0.1, 0.15) is 27.2 Å². The zero-order valence-corrected chi connectivity index (χ0v) is 16.2. The van der Waals surface area contributed by atoms with Gasteiger partial charge in [-0.15, -0.1) is 0 Å². The Morgan fingerprint density at radius 3 is 2.70 bits per heavy atom. The quantitative estimate of drug-likeness (QED) is 0.771. The number of aromatic nitrogens is 3. The maximum Gasteiger partial charge on any atom is 0.255 e. The molecule has 0 aliphatic heterocycles. The Labute approximate surface area is 158 Å². The molecule has 7 nitrogen and oxygen atoms in total. The largest absolute Gasteiger partial charge is 0.332 e. The summed E-state index contributed by atoms with van der Waals surface area (Å²) in [5, 5.41) is 8.01. The van der Waals surface area contributed by atoms with E-state index in [0.29, 0.717) is 5.56 Å². The van der Waals surface area contributed by atoms with Gasteiger partial charge in [-0.25, -0.2) is 4.98 Å². The molecule has 0 radical (unpaired) electrons. The van der Waals surface area contributed by atoms with Crippen molar-refractivity contribution in [3.05, 3.63) is 52.8 Å². The highest BCUT2D eigenvalue weighted by molar-refractivity contribution is 6.01. The number of rotatable bonds is 4. The molecule has 0 fully saturated rings. The lowest BCUT2D eigenvalue weighted by Crippen LogP contribution is -2.35. The van der Waals surface area contributed by atoms with E-state index in [1.807, 2.05) is 46.0 Å². The Bertz CT molecular complexity index is 1040. The van der Waals surface area contributed by atoms with Gasteiger partial charge >= 0.3 is 0 Å². The summed E-state index contributed by atoms with van der Waals surface area (Å²) in [5.41, 5.74) is 4.84. The van der Waals surface area contributed by atoms with Crippen molar-refractivity contribution in [3.8, 4) is 0 Å². The number of pyridine rings is 1. The van der Waals surface area contributed by atoms with E-state index in [9.17, 15) is 9.59 Å². The Morgan fingerprint density at radius 1 is 1.22 bits per heavy atom. The van der Waals surface area contributed by atoms with E-state index in [4.69, 9.17) is 0 Å². The second kappa shape index (κ2) is 7.19. The smallest absolute Gasteiger partial charge is 0.255 e. The van der Waals surface area contributed by atoms with Crippen LogP contribution in [0.2, 0.25) is 0 Å². The van der Waals surface area contributed by atoms with Crippen molar-refractivity contribution in [1.29, 1.82) is 0 Å². The number of hydrogen-bond acceptors (Lipinski definition) is 4. The number of benzene rings is 1. The van der Waals surface area contributed by atoms with Crippen molar-refractivity contribution in [2.45, 2.75) is 20.8 Å². The van der Waals surface area contributed by atoms with Crippen molar-refractivity contribution < 1.29 is 9.59 Å². The summed E-state index contributed by atoms with van der Waals surface area (Å²) in [4.78, 5) is 30.8. The third-order valence-corrected chi connectivity index (χ3v) is 4.72. The molecule has 1 aromatic carbocycles. The van der Waals surface area contributed by atoms with Gasteiger partial charge in [-0.05, 0) is 44.0 Å². The summed E-state index contributed by atoms with van der Waals surface area (Å²) >= 11 is 0. The number of likely N-dealkylation sites (N-methyl/N-ethyl adjacent to an activating group) is 1. The van der Waals surface area contributed by atoms with Gasteiger partial charge in [0, 0.05) is 31.4 Å². The van der Waals surface area contributed by atoms with Gasteiger partial charge in [-0.1, -0.05) is 12.1 Å². The van der Waals surface area contributed by atoms with Crippen molar-refractivity contribution in [3.63, 3.8) is 0 Å². The van der Waals surface area contributed by atoms with Crippen LogP contribution in [-0.2, 0) is 11.8 Å². The van der Waals surface area contributed by atoms with Crippen LogP contribution in [0.25, 0.3) is 11.0 Å². The summed E-state index contributed by atoms with van der Waals surface area (Å²) < 4.78 is 1.68. The van der Waals surface area contributed by atoms with Gasteiger partial charge in [-0.2, -0.15) is 5.10 Å². The van der Waals surface area contributed by atoms with Crippen LogP contribution in [0, 0.1) is 20.8 Å². The van der Waals surface area contributed by atoms with E-state index in [-0.39, 0.29) is 18.4 Å². The Morgan fingerprint density at radius 2 is 1.96 bits per heavy atom. The van der Waals surface area contributed by atoms with E-state index < -0.39 is 0 Å². The van der Waals surface area contributed by atoms with Crippen LogP contribution in [0.15, 0.2) is 30.5 Å². The molecule has 0 atom stereocenters. The number of hydrogen-bond donors (Lipinski definition) is 1. The molecule has 3 rings (SSSR count). The SMILES string of the molecule is Cc1cccc(NC(=O)CN(C)C(=O)c2cnc3c(c2)c(C)nn3C)c1C. The highest BCUT2D eigenvalue weighted by Gasteiger charge is 2.18. The van der Waals surface area contributed by atoms with Gasteiger partial charge in [0.15, 0.2) is 5.65 Å². The molecular formula is C20H23N5O2. The zero-order valence-electron chi connectivity index (χ0n) is 16.2. The second-order valence-corrected chi connectivity index (χ2v) is 6.76. The standard InChI is InChI=1S/C20H23N5O2/c1-12-7-6-8-17(13(12)2)22-18(26)11-24(4)20(27)15-9-16-14(3)23-25(5)19(16)21-10-15/h6-10H,11H2,1-5H3,(H,22,26). The molecule has 7 heteroatoms. The molecule has 1 N–H and O–H groups in total. The van der Waals surface area contributed by atoms with Gasteiger partial charge in [0.1, 0.15) is 0 Å². The summed E-state index contributed by atoms with van der Waals surface area (Å²) in [5.74, 6) is -0.505. The predicted molar refractivity (Wildman–Crippen MR) is 105 cm³/mol. The molecule has 0 saturated carbocycles. The lowest BCUT2D eigenvalue weighted by atomic mass is 10.1. The third-order valence-electron chi connectivity index (χ3n) is 4.72. The number of amides is 2. The van der Waals surface area contributed by atoms with Crippen LogP contribution < -0.4 is 5.32 Å². The average molecular weight is 365 g/mol. The molecule has 27 heavy (non-hydrogen) atoms. The van der Waals surface area contributed by atoms with E-state index in [0.717, 1.165) is 33.5 Å². The van der Waals surface area contributed by atoms with Crippen LogP contribution in [0.4, 0.5) is 5.69 Å². The molecule has 3 aromatic rings. The lowest BCUT2D eigenvalue weighted by molar-refractivity contribution is -0.116. The van der Waals surface area contributed by atoms with Crippen molar-refractivity contribution in [1.82, 2.24) is 19.7 Å². The predicted octanol–water partition coefficient (Wildman–Crippen LogP) is 2.60. The van der Waals surface area contributed by atoms with E-state index in [1.54, 1.807) is 17.8 Å². The summed E-state index contributed by atoms with van der Waals surface area (Å²) in [6.07, 6.45) is 1.52. The highest BCUT2D eigenvalue weighted by Crippen LogP contribution is 2.19. The van der Waals surface area contributed by atoms with Crippen molar-refractivity contribution >= 4 is 28.5 Å². The first-order valence-electron chi connectivity index (χ1n) is 8.69. The first-order chi connectivity index (χ1) is 12.8. The van der Waals surface area contributed by atoms with Gasteiger partial charge in [-0.3, -0.25) is 14.3 Å². The summed E-state index contributed by atoms with van der Waals surface area (Å²) in [6, 6.07) is 7.51. The maximum absolute atomic E-state index is 12.7. The highest BCUT2D eigenvalue weighted by atomic mass is 16.2. The first kappa shape index (κ1) is 18.6. The molecule has 2 aromatic heterocycles. The molecule has 2 amide bonds. The molecule has 0 bridgehead atoms. The third kappa shape index (κ3) is 3.67. The zero-order chi connectivity index (χ0) is 19.7. The van der Waals surface area contributed by atoms with Crippen molar-refractivity contribution in [2.75, 3.05) is 18.9 Å². The minimum atomic E-state index is -0.260. The Balaban J connectivity index is 1.72. The van der Waals surface area contributed by atoms with Gasteiger partial charge < -0.3 is 10.2 Å². The topological polar surface area (TPSA) is 80.1 Å². The normalized spacial score (nSPS) is 10.9. The number of aryl methyl sites for hydroxylation is 3. The monoisotopic (exact) mass is 365 g/mol. The number of anilines is 1. The molecule has 0 aliphatic carbocycles. The van der Waals surface area contributed by atoms with Crippen LogP contribution >= 0.6 is 0 Å². The Hall–Kier alpha value is -3.22. The molecule has 2 heterocycles. The number of carbonyl (C=O) groups excluding carboxylic acids is 2. The van der Waals surface area contributed by atoms with E-state index >= 15 is 0 Å². The fourth-order valence-electron chi connectivity index (χ4n) is 3.01. The van der Waals surface area contributed by atoms with Crippen LogP contribution in [0.3, 0.4) is 0 Å². The second-order valence-electron chi connectivity index (χ2n) is 6.76. The molecule has 0 saturated heterocycles. The number of nitrogens with zero attached hydrogens (tertiary/aromatic N) is 4. The van der Waals surface area contributed by atoms with Crippen LogP contribution in [-0.4, -0.2) is 45.1 Å². The fraction of sp³-hybridized carbons (Fsp3) is 0.300. The fourth-order valence-corrected chi connectivity index (χ4v) is 3.01. The molecule has 140 valence electrons. The number of carbonyl (C=O) groups is 2. The first-order valence-corrected chi connectivity index (χ1v) is 8.69. The molecule has 0 unspecified atom stereocenters. The van der Waals surface area contributed by atoms with Crippen molar-refractivity contribution in [2.24, 2.45) is 7.05 Å². The maximum atomic E-state index is 12.7. The molecule has 0 spiro atoms. The molecule has 0 aliphatic rings. The minimum Gasteiger partial charge on any atom is -0.332 e. The summed E-state index contributed by atoms with van der Waals surface area (Å²) in [6.45, 7) is 5.77. The minimum absolute atomic E-state index is 0.0454. The lowest BCUT2D eigenvalue weighted by Gasteiger charge is -2.17. The Kier molecular flexibility index (Phi) is 4.94. The van der Waals surface area contributed by atoms with Crippen LogP contribution in [0.5, 0.6) is 0 Å². The summed E-state index contributed by atoms with van der Waals surface area (Å²) in [7, 11) is 3.42. The van der Waals surface area contributed by atoms with Gasteiger partial charge in [0.25, 0.3) is 5.91 Å². The van der Waals surface area contributed by atoms with E-state index in [1.165, 1.54) is 11.1 Å². The van der Waals surface area contributed by atoms with Gasteiger partial charge in [0.05, 0.1) is 17.8 Å². The van der Waals surface area contributed by atoms with Gasteiger partial charge in [0.2, 0.25) is 5.91 Å². The van der Waals surface area contributed by atoms with E-state index in [2.05, 4.69) is 15.4 Å². The molecular weight excluding hydrogens is 342 g/mol.